The molecule has 0 saturated carbocycles. The number of aromatic nitrogens is 2. The maximum absolute atomic E-state index is 13.3. The number of nitrogens with zero attached hydrogens (tertiary/aromatic N) is 2. The van der Waals surface area contributed by atoms with E-state index >= 15 is 0 Å². The first-order chi connectivity index (χ1) is 13.5. The van der Waals surface area contributed by atoms with Gasteiger partial charge in [0.25, 0.3) is 5.56 Å². The van der Waals surface area contributed by atoms with Crippen LogP contribution in [0.2, 0.25) is 0 Å². The molecule has 1 aromatic heterocycles. The standard InChI is InChI=1S/C21H19FN2O4/c1-3-27-21(26)20-18(28-13-15-8-6-9-16(22)11-15)12-19(25)24(23-20)17-10-5-4-7-14(17)2/h4-12H,3,13H2,1-2H3. The van der Waals surface area contributed by atoms with Gasteiger partial charge < -0.3 is 9.47 Å². The minimum absolute atomic E-state index is 0.0162. The van der Waals surface area contributed by atoms with Gasteiger partial charge in [-0.3, -0.25) is 4.79 Å². The van der Waals surface area contributed by atoms with Gasteiger partial charge >= 0.3 is 5.97 Å². The van der Waals surface area contributed by atoms with Crippen molar-refractivity contribution in [2.75, 3.05) is 6.61 Å². The number of esters is 1. The highest BCUT2D eigenvalue weighted by molar-refractivity contribution is 5.90. The van der Waals surface area contributed by atoms with E-state index < -0.39 is 17.3 Å². The van der Waals surface area contributed by atoms with Crippen LogP contribution >= 0.6 is 0 Å². The monoisotopic (exact) mass is 382 g/mol. The Morgan fingerprint density at radius 1 is 1.14 bits per heavy atom. The highest BCUT2D eigenvalue weighted by Crippen LogP contribution is 2.19. The van der Waals surface area contributed by atoms with Crippen molar-refractivity contribution >= 4 is 5.97 Å². The number of carbonyl (C=O) groups excluding carboxylic acids is 1. The molecule has 3 aromatic rings. The molecule has 0 atom stereocenters. The first-order valence-corrected chi connectivity index (χ1v) is 8.74. The number of benzene rings is 2. The van der Waals surface area contributed by atoms with Crippen molar-refractivity contribution in [3.8, 4) is 11.4 Å². The highest BCUT2D eigenvalue weighted by atomic mass is 19.1. The van der Waals surface area contributed by atoms with E-state index in [0.29, 0.717) is 11.3 Å². The summed E-state index contributed by atoms with van der Waals surface area (Å²) in [6.07, 6.45) is 0. The Kier molecular flexibility index (Phi) is 5.84. The lowest BCUT2D eigenvalue weighted by Gasteiger charge is -2.13. The number of carbonyl (C=O) groups is 1. The average Bonchev–Trinajstić information content (AvgIpc) is 2.67. The van der Waals surface area contributed by atoms with Crippen LogP contribution in [0.1, 0.15) is 28.5 Å². The van der Waals surface area contributed by atoms with Gasteiger partial charge in [-0.15, -0.1) is 0 Å². The van der Waals surface area contributed by atoms with Gasteiger partial charge in [0.1, 0.15) is 12.4 Å². The van der Waals surface area contributed by atoms with Gasteiger partial charge in [0, 0.05) is 0 Å². The van der Waals surface area contributed by atoms with E-state index in [0.717, 1.165) is 10.2 Å². The van der Waals surface area contributed by atoms with Gasteiger partial charge in [0.05, 0.1) is 18.4 Å². The molecular formula is C21H19FN2O4. The molecule has 0 aliphatic rings. The van der Waals surface area contributed by atoms with Gasteiger partial charge in [-0.1, -0.05) is 30.3 Å². The van der Waals surface area contributed by atoms with Crippen LogP contribution in [0, 0.1) is 12.7 Å². The van der Waals surface area contributed by atoms with Gasteiger partial charge in [0.15, 0.2) is 5.75 Å². The summed E-state index contributed by atoms with van der Waals surface area (Å²) in [5.74, 6) is -1.13. The highest BCUT2D eigenvalue weighted by Gasteiger charge is 2.20. The van der Waals surface area contributed by atoms with Crippen LogP contribution in [0.15, 0.2) is 59.4 Å². The summed E-state index contributed by atoms with van der Waals surface area (Å²) in [6, 6.07) is 14.2. The minimum Gasteiger partial charge on any atom is -0.486 e. The fraction of sp³-hybridized carbons (Fsp3) is 0.190. The van der Waals surface area contributed by atoms with Crippen LogP contribution in [0.4, 0.5) is 4.39 Å². The molecule has 0 saturated heterocycles. The molecule has 0 fully saturated rings. The summed E-state index contributed by atoms with van der Waals surface area (Å²) in [6.45, 7) is 3.62. The molecule has 0 spiro atoms. The van der Waals surface area contributed by atoms with Crippen LogP contribution in [-0.4, -0.2) is 22.4 Å². The maximum Gasteiger partial charge on any atom is 0.362 e. The zero-order valence-electron chi connectivity index (χ0n) is 15.5. The first-order valence-electron chi connectivity index (χ1n) is 8.74. The molecule has 2 aromatic carbocycles. The van der Waals surface area contributed by atoms with Gasteiger partial charge in [-0.25, -0.2) is 9.18 Å². The van der Waals surface area contributed by atoms with Crippen molar-refractivity contribution < 1.29 is 18.7 Å². The van der Waals surface area contributed by atoms with E-state index in [1.165, 1.54) is 18.2 Å². The number of para-hydroxylation sites is 1. The van der Waals surface area contributed by atoms with E-state index in [1.807, 2.05) is 19.1 Å². The van der Waals surface area contributed by atoms with Crippen LogP contribution in [-0.2, 0) is 11.3 Å². The second kappa shape index (κ2) is 8.47. The largest absolute Gasteiger partial charge is 0.486 e. The van der Waals surface area contributed by atoms with E-state index in [2.05, 4.69) is 5.10 Å². The fourth-order valence-corrected chi connectivity index (χ4v) is 2.65. The van der Waals surface area contributed by atoms with Gasteiger partial charge in [0.2, 0.25) is 5.69 Å². The predicted octanol–water partition coefficient (Wildman–Crippen LogP) is 3.44. The Morgan fingerprint density at radius 3 is 2.64 bits per heavy atom. The van der Waals surface area contributed by atoms with Crippen LogP contribution in [0.5, 0.6) is 5.75 Å². The van der Waals surface area contributed by atoms with E-state index in [-0.39, 0.29) is 24.7 Å². The van der Waals surface area contributed by atoms with Crippen molar-refractivity contribution in [2.45, 2.75) is 20.5 Å². The van der Waals surface area contributed by atoms with Gasteiger partial charge in [-0.2, -0.15) is 9.78 Å². The number of hydrogen-bond acceptors (Lipinski definition) is 5. The summed E-state index contributed by atoms with van der Waals surface area (Å²) in [5.41, 5.74) is 1.34. The number of halogens is 1. The molecule has 3 rings (SSSR count). The Hall–Kier alpha value is -3.48. The predicted molar refractivity (Wildman–Crippen MR) is 101 cm³/mol. The normalized spacial score (nSPS) is 10.5. The zero-order chi connectivity index (χ0) is 20.1. The third-order valence-electron chi connectivity index (χ3n) is 3.99. The molecule has 6 nitrogen and oxygen atoms in total. The summed E-state index contributed by atoms with van der Waals surface area (Å²) >= 11 is 0. The third-order valence-corrected chi connectivity index (χ3v) is 3.99. The number of aryl methyl sites for hydroxylation is 1. The summed E-state index contributed by atoms with van der Waals surface area (Å²) in [5, 5.41) is 4.18. The molecule has 0 amide bonds. The van der Waals surface area contributed by atoms with E-state index in [9.17, 15) is 14.0 Å². The SMILES string of the molecule is CCOC(=O)c1nn(-c2ccccc2C)c(=O)cc1OCc1cccc(F)c1. The Bertz CT molecular complexity index is 1060. The van der Waals surface area contributed by atoms with Crippen LogP contribution in [0.3, 0.4) is 0 Å². The summed E-state index contributed by atoms with van der Waals surface area (Å²) in [7, 11) is 0. The molecule has 144 valence electrons. The first kappa shape index (κ1) is 19.3. The quantitative estimate of drug-likeness (QED) is 0.611. The molecule has 0 radical (unpaired) electrons. The number of hydrogen-bond donors (Lipinski definition) is 0. The van der Waals surface area contributed by atoms with Crippen molar-refractivity contribution in [1.29, 1.82) is 0 Å². The van der Waals surface area contributed by atoms with Crippen molar-refractivity contribution in [3.05, 3.63) is 87.6 Å². The second-order valence-corrected chi connectivity index (χ2v) is 6.03. The molecule has 0 aliphatic heterocycles. The molecule has 0 N–H and O–H groups in total. The van der Waals surface area contributed by atoms with Crippen molar-refractivity contribution in [3.63, 3.8) is 0 Å². The van der Waals surface area contributed by atoms with Crippen LogP contribution < -0.4 is 10.3 Å². The van der Waals surface area contributed by atoms with Crippen molar-refractivity contribution in [2.24, 2.45) is 0 Å². The number of ether oxygens (including phenoxy) is 2. The molecule has 0 bridgehead atoms. The molecule has 0 unspecified atom stereocenters. The van der Waals surface area contributed by atoms with Crippen LogP contribution in [0.25, 0.3) is 5.69 Å². The second-order valence-electron chi connectivity index (χ2n) is 6.03. The maximum atomic E-state index is 13.3. The average molecular weight is 382 g/mol. The molecule has 1 heterocycles. The van der Waals surface area contributed by atoms with Gasteiger partial charge in [-0.05, 0) is 43.2 Å². The molecule has 0 aliphatic carbocycles. The smallest absolute Gasteiger partial charge is 0.362 e. The third kappa shape index (κ3) is 4.25. The van der Waals surface area contributed by atoms with E-state index in [1.54, 1.807) is 31.2 Å². The van der Waals surface area contributed by atoms with Crippen molar-refractivity contribution in [1.82, 2.24) is 9.78 Å². The lowest BCUT2D eigenvalue weighted by Crippen LogP contribution is -2.25. The topological polar surface area (TPSA) is 70.4 Å². The Labute approximate surface area is 161 Å². The number of rotatable bonds is 6. The lowest BCUT2D eigenvalue weighted by atomic mass is 10.2. The van der Waals surface area contributed by atoms with E-state index in [4.69, 9.17) is 9.47 Å². The summed E-state index contributed by atoms with van der Waals surface area (Å²) < 4.78 is 25.1. The molecule has 7 heteroatoms. The Morgan fingerprint density at radius 2 is 1.93 bits per heavy atom. The minimum atomic E-state index is -0.709. The zero-order valence-corrected chi connectivity index (χ0v) is 15.5. The summed E-state index contributed by atoms with van der Waals surface area (Å²) in [4.78, 5) is 25.0. The molecule has 28 heavy (non-hydrogen) atoms. The fourth-order valence-electron chi connectivity index (χ4n) is 2.65. The lowest BCUT2D eigenvalue weighted by molar-refractivity contribution is 0.0511. The molecular weight excluding hydrogens is 363 g/mol. The Balaban J connectivity index is 2.01.